The van der Waals surface area contributed by atoms with Crippen molar-refractivity contribution in [1.29, 1.82) is 0 Å². The molecular formula is C14H15ClF3N3. The minimum atomic E-state index is -4.26. The minimum Gasteiger partial charge on any atom is -0.370 e. The van der Waals surface area contributed by atoms with Crippen LogP contribution in [0.15, 0.2) is 18.5 Å². The van der Waals surface area contributed by atoms with Gasteiger partial charge in [0.25, 0.3) is 0 Å². The predicted molar refractivity (Wildman–Crippen MR) is 76.0 cm³/mol. The first-order valence-electron chi connectivity index (χ1n) is 6.92. The summed E-state index contributed by atoms with van der Waals surface area (Å²) in [7, 11) is 0. The largest absolute Gasteiger partial charge is 0.394 e. The lowest BCUT2D eigenvalue weighted by atomic mass is 10.1. The second-order valence-corrected chi connectivity index (χ2v) is 5.68. The van der Waals surface area contributed by atoms with Gasteiger partial charge >= 0.3 is 6.18 Å². The van der Waals surface area contributed by atoms with E-state index < -0.39 is 12.6 Å². The third-order valence-corrected chi connectivity index (χ3v) is 4.12. The quantitative estimate of drug-likeness (QED) is 0.832. The zero-order valence-corrected chi connectivity index (χ0v) is 12.1. The monoisotopic (exact) mass is 317 g/mol. The van der Waals surface area contributed by atoms with Gasteiger partial charge in [-0.1, -0.05) is 11.6 Å². The number of halogens is 4. The summed E-state index contributed by atoms with van der Waals surface area (Å²) in [5, 5.41) is 0.424. The van der Waals surface area contributed by atoms with Gasteiger partial charge in [-0.05, 0) is 25.3 Å². The highest BCUT2D eigenvalue weighted by Crippen LogP contribution is 2.32. The maximum Gasteiger partial charge on any atom is 0.394 e. The van der Waals surface area contributed by atoms with Crippen LogP contribution in [-0.2, 0) is 6.42 Å². The Morgan fingerprint density at radius 2 is 1.90 bits per heavy atom. The molecule has 7 heteroatoms. The van der Waals surface area contributed by atoms with Crippen LogP contribution in [0.1, 0.15) is 25.0 Å². The number of rotatable bonds is 2. The standard InChI is InChI=1S/C14H15ClF3N3/c15-12-11(20-5-2-1-3-6-20)4-7-21-10(8-14(16,17)18)9-19-13(12)21/h4,7,9H,1-3,5-6,8H2. The molecule has 0 N–H and O–H groups in total. The Bertz CT molecular complexity index is 645. The van der Waals surface area contributed by atoms with Gasteiger partial charge in [-0.25, -0.2) is 4.98 Å². The molecule has 3 heterocycles. The van der Waals surface area contributed by atoms with Crippen molar-refractivity contribution in [3.63, 3.8) is 0 Å². The van der Waals surface area contributed by atoms with Crippen LogP contribution in [0.3, 0.4) is 0 Å². The van der Waals surface area contributed by atoms with Crippen molar-refractivity contribution in [2.75, 3.05) is 18.0 Å². The molecule has 0 spiro atoms. The number of piperidine rings is 1. The lowest BCUT2D eigenvalue weighted by molar-refractivity contribution is -0.127. The van der Waals surface area contributed by atoms with Crippen LogP contribution in [0.2, 0.25) is 5.02 Å². The van der Waals surface area contributed by atoms with Crippen LogP contribution in [0, 0.1) is 0 Å². The van der Waals surface area contributed by atoms with Crippen LogP contribution in [-0.4, -0.2) is 28.7 Å². The molecule has 3 rings (SSSR count). The summed E-state index contributed by atoms with van der Waals surface area (Å²) in [6, 6.07) is 1.78. The Kier molecular flexibility index (Phi) is 3.73. The van der Waals surface area contributed by atoms with Gasteiger partial charge in [0.15, 0.2) is 5.65 Å². The minimum absolute atomic E-state index is 0.101. The van der Waals surface area contributed by atoms with Gasteiger partial charge in [0.05, 0.1) is 17.8 Å². The Hall–Kier alpha value is -1.43. The molecule has 3 nitrogen and oxygen atoms in total. The molecule has 0 bridgehead atoms. The van der Waals surface area contributed by atoms with Crippen molar-refractivity contribution >= 4 is 22.9 Å². The first kappa shape index (κ1) is 14.5. The maximum atomic E-state index is 12.5. The van der Waals surface area contributed by atoms with E-state index in [-0.39, 0.29) is 5.69 Å². The van der Waals surface area contributed by atoms with Crippen LogP contribution in [0.5, 0.6) is 0 Å². The lowest BCUT2D eigenvalue weighted by Crippen LogP contribution is -2.29. The average Bonchev–Trinajstić information content (AvgIpc) is 2.82. The van der Waals surface area contributed by atoms with E-state index in [4.69, 9.17) is 11.6 Å². The number of anilines is 1. The number of nitrogens with zero attached hydrogens (tertiary/aromatic N) is 3. The molecule has 1 aliphatic rings. The number of imidazole rings is 1. The summed E-state index contributed by atoms with van der Waals surface area (Å²) in [6.07, 6.45) is 1.02. The summed E-state index contributed by atoms with van der Waals surface area (Å²) in [6.45, 7) is 1.85. The first-order valence-corrected chi connectivity index (χ1v) is 7.29. The van der Waals surface area contributed by atoms with E-state index in [0.29, 0.717) is 10.7 Å². The lowest BCUT2D eigenvalue weighted by Gasteiger charge is -2.29. The molecule has 0 unspecified atom stereocenters. The second kappa shape index (κ2) is 5.40. The smallest absolute Gasteiger partial charge is 0.370 e. The summed E-state index contributed by atoms with van der Waals surface area (Å²) in [5.74, 6) is 0. The highest BCUT2D eigenvalue weighted by Gasteiger charge is 2.30. The highest BCUT2D eigenvalue weighted by atomic mass is 35.5. The zero-order valence-electron chi connectivity index (χ0n) is 11.3. The molecule has 1 aliphatic heterocycles. The van der Waals surface area contributed by atoms with Gasteiger partial charge in [-0.2, -0.15) is 13.2 Å². The number of fused-ring (bicyclic) bond motifs is 1. The van der Waals surface area contributed by atoms with Gasteiger partial charge in [0, 0.05) is 25.5 Å². The van der Waals surface area contributed by atoms with Crippen molar-refractivity contribution in [3.8, 4) is 0 Å². The Balaban J connectivity index is 1.98. The van der Waals surface area contributed by atoms with E-state index in [0.717, 1.165) is 31.6 Å². The fraction of sp³-hybridized carbons (Fsp3) is 0.500. The molecule has 0 aromatic carbocycles. The van der Waals surface area contributed by atoms with Gasteiger partial charge in [-0.3, -0.25) is 0 Å². The second-order valence-electron chi connectivity index (χ2n) is 5.30. The number of hydrogen-bond acceptors (Lipinski definition) is 2. The molecule has 1 saturated heterocycles. The number of alkyl halides is 3. The topological polar surface area (TPSA) is 20.5 Å². The number of aromatic nitrogens is 2. The molecule has 0 saturated carbocycles. The SMILES string of the molecule is FC(F)(F)Cc1cnc2c(Cl)c(N3CCCCC3)ccn12. The summed E-state index contributed by atoms with van der Waals surface area (Å²) >= 11 is 6.35. The zero-order chi connectivity index (χ0) is 15.0. The average molecular weight is 318 g/mol. The Morgan fingerprint density at radius 1 is 1.19 bits per heavy atom. The van der Waals surface area contributed by atoms with E-state index in [1.54, 1.807) is 12.3 Å². The van der Waals surface area contributed by atoms with E-state index in [1.165, 1.54) is 17.0 Å². The summed E-state index contributed by atoms with van der Waals surface area (Å²) < 4.78 is 39.0. The number of pyridine rings is 1. The molecule has 114 valence electrons. The molecular weight excluding hydrogens is 303 g/mol. The third-order valence-electron chi connectivity index (χ3n) is 3.75. The van der Waals surface area contributed by atoms with Crippen molar-refractivity contribution in [2.24, 2.45) is 0 Å². The molecule has 21 heavy (non-hydrogen) atoms. The predicted octanol–water partition coefficient (Wildman–Crippen LogP) is 4.08. The van der Waals surface area contributed by atoms with Gasteiger partial charge in [0.1, 0.15) is 5.02 Å². The Labute approximate surface area is 125 Å². The van der Waals surface area contributed by atoms with Crippen molar-refractivity contribution in [3.05, 3.63) is 29.2 Å². The molecule has 1 fully saturated rings. The van der Waals surface area contributed by atoms with E-state index >= 15 is 0 Å². The number of hydrogen-bond donors (Lipinski definition) is 0. The molecule has 0 atom stereocenters. The Morgan fingerprint density at radius 3 is 2.57 bits per heavy atom. The van der Waals surface area contributed by atoms with Crippen molar-refractivity contribution < 1.29 is 13.2 Å². The van der Waals surface area contributed by atoms with Gasteiger partial charge < -0.3 is 9.30 Å². The van der Waals surface area contributed by atoms with E-state index in [1.807, 2.05) is 0 Å². The van der Waals surface area contributed by atoms with Gasteiger partial charge in [0.2, 0.25) is 0 Å². The summed E-state index contributed by atoms with van der Waals surface area (Å²) in [4.78, 5) is 6.23. The molecule has 0 aliphatic carbocycles. The molecule has 2 aromatic rings. The molecule has 2 aromatic heterocycles. The third kappa shape index (κ3) is 2.95. The van der Waals surface area contributed by atoms with Crippen LogP contribution >= 0.6 is 11.6 Å². The highest BCUT2D eigenvalue weighted by molar-refractivity contribution is 6.36. The normalized spacial score (nSPS) is 16.7. The first-order chi connectivity index (χ1) is 9.96. The van der Waals surface area contributed by atoms with E-state index in [2.05, 4.69) is 9.88 Å². The van der Waals surface area contributed by atoms with Crippen molar-refractivity contribution in [1.82, 2.24) is 9.38 Å². The maximum absolute atomic E-state index is 12.5. The fourth-order valence-corrected chi connectivity index (χ4v) is 3.10. The van der Waals surface area contributed by atoms with Crippen LogP contribution in [0.4, 0.5) is 18.9 Å². The van der Waals surface area contributed by atoms with Crippen LogP contribution < -0.4 is 4.90 Å². The molecule has 0 radical (unpaired) electrons. The van der Waals surface area contributed by atoms with E-state index in [9.17, 15) is 13.2 Å². The van der Waals surface area contributed by atoms with Crippen molar-refractivity contribution in [2.45, 2.75) is 31.9 Å². The molecule has 0 amide bonds. The van der Waals surface area contributed by atoms with Crippen LogP contribution in [0.25, 0.3) is 5.65 Å². The van der Waals surface area contributed by atoms with Gasteiger partial charge in [-0.15, -0.1) is 0 Å². The summed E-state index contributed by atoms with van der Waals surface area (Å²) in [5.41, 5.74) is 1.34. The fourth-order valence-electron chi connectivity index (χ4n) is 2.77.